The molecule has 3 nitrogen and oxygen atoms in total. The predicted octanol–water partition coefficient (Wildman–Crippen LogP) is 2.66. The van der Waals surface area contributed by atoms with Crippen molar-refractivity contribution in [1.29, 1.82) is 0 Å². The van der Waals surface area contributed by atoms with E-state index in [9.17, 15) is 9.79 Å². The van der Waals surface area contributed by atoms with Crippen molar-refractivity contribution < 1.29 is 9.79 Å². The Hall–Kier alpha value is 0.420. The minimum absolute atomic E-state index is 0.665. The fourth-order valence-corrected chi connectivity index (χ4v) is 5.22. The fraction of sp³-hybridized carbons (Fsp3) is 0. The maximum absolute atomic E-state index is 9.29. The highest BCUT2D eigenvalue weighted by Gasteiger charge is 2.20. The van der Waals surface area contributed by atoms with Gasteiger partial charge in [-0.25, -0.2) is 4.08 Å². The predicted molar refractivity (Wildman–Crippen MR) is 64.2 cm³/mol. The van der Waals surface area contributed by atoms with Gasteiger partial charge in [-0.2, -0.15) is 0 Å². The molecule has 1 aromatic carbocycles. The Morgan fingerprint density at radius 1 is 1.31 bits per heavy atom. The molecule has 0 fully saturated rings. The number of halogens is 1. The number of rotatable bonds is 3. The fourth-order valence-electron chi connectivity index (χ4n) is 0.786. The SMILES string of the molecule is OP(O)(=S)N(SBr)c1ccccc1. The summed E-state index contributed by atoms with van der Waals surface area (Å²) in [4.78, 5) is 18.6. The van der Waals surface area contributed by atoms with Crippen molar-refractivity contribution >= 4 is 49.3 Å². The van der Waals surface area contributed by atoms with Crippen molar-refractivity contribution in [3.05, 3.63) is 30.3 Å². The van der Waals surface area contributed by atoms with Crippen LogP contribution in [0.5, 0.6) is 0 Å². The third kappa shape index (κ3) is 3.23. The summed E-state index contributed by atoms with van der Waals surface area (Å²) in [6.07, 6.45) is 0. The lowest BCUT2D eigenvalue weighted by Gasteiger charge is -2.23. The molecule has 0 aliphatic heterocycles. The molecule has 0 unspecified atom stereocenters. The monoisotopic (exact) mass is 299 g/mol. The highest BCUT2D eigenvalue weighted by molar-refractivity contribution is 9.50. The Bertz CT molecular complexity index is 318. The van der Waals surface area contributed by atoms with Crippen LogP contribution in [0.2, 0.25) is 0 Å². The maximum Gasteiger partial charge on any atom is 0.295 e. The van der Waals surface area contributed by atoms with Crippen LogP contribution < -0.4 is 4.08 Å². The van der Waals surface area contributed by atoms with E-state index in [4.69, 9.17) is 0 Å². The molecule has 2 N–H and O–H groups in total. The van der Waals surface area contributed by atoms with Crippen LogP contribution >= 0.6 is 31.8 Å². The molecule has 13 heavy (non-hydrogen) atoms. The molecule has 0 atom stereocenters. The number of nitrogens with zero attached hydrogens (tertiary/aromatic N) is 1. The van der Waals surface area contributed by atoms with Gasteiger partial charge in [0.25, 0.3) is 6.64 Å². The molecule has 0 amide bonds. The first-order chi connectivity index (χ1) is 6.05. The molecule has 72 valence electrons. The van der Waals surface area contributed by atoms with Gasteiger partial charge in [0, 0.05) is 25.2 Å². The van der Waals surface area contributed by atoms with E-state index in [0.717, 1.165) is 10.4 Å². The zero-order chi connectivity index (χ0) is 9.90. The number of para-hydroxylation sites is 1. The number of hydrogen-bond acceptors (Lipinski definition) is 2. The largest absolute Gasteiger partial charge is 0.329 e. The zero-order valence-electron chi connectivity index (χ0n) is 6.37. The van der Waals surface area contributed by atoms with E-state index in [1.807, 2.05) is 6.07 Å². The van der Waals surface area contributed by atoms with E-state index in [1.54, 1.807) is 24.3 Å². The second kappa shape index (κ2) is 4.77. The van der Waals surface area contributed by atoms with Gasteiger partial charge >= 0.3 is 0 Å². The van der Waals surface area contributed by atoms with E-state index in [2.05, 4.69) is 26.6 Å². The Labute approximate surface area is 93.3 Å². The first-order valence-corrected chi connectivity index (χ1v) is 8.53. The first kappa shape index (κ1) is 11.5. The normalized spacial score (nSPS) is 11.3. The summed E-state index contributed by atoms with van der Waals surface area (Å²) in [6, 6.07) is 8.95. The van der Waals surface area contributed by atoms with Gasteiger partial charge in [0.1, 0.15) is 0 Å². The van der Waals surface area contributed by atoms with Crippen molar-refractivity contribution in [2.75, 3.05) is 4.08 Å². The molecule has 0 saturated heterocycles. The standard InChI is InChI=1S/C6H7BrNO2PS2/c7-13-8(11(9,10)12)6-4-2-1-3-5-6/h1-5H,(H2,9,10,12). The van der Waals surface area contributed by atoms with Gasteiger partial charge in [0.2, 0.25) is 0 Å². The van der Waals surface area contributed by atoms with Crippen LogP contribution in [0.25, 0.3) is 0 Å². The summed E-state index contributed by atoms with van der Waals surface area (Å²) in [6.45, 7) is -3.42. The van der Waals surface area contributed by atoms with Gasteiger partial charge in [0.15, 0.2) is 0 Å². The number of anilines is 1. The van der Waals surface area contributed by atoms with Crippen molar-refractivity contribution in [3.63, 3.8) is 0 Å². The summed E-state index contributed by atoms with van der Waals surface area (Å²) in [5.41, 5.74) is 0.665. The van der Waals surface area contributed by atoms with Gasteiger partial charge in [-0.3, -0.25) is 0 Å². The summed E-state index contributed by atoms with van der Waals surface area (Å²) >= 11 is 7.66. The number of benzene rings is 1. The van der Waals surface area contributed by atoms with Crippen LogP contribution in [0.15, 0.2) is 30.3 Å². The smallest absolute Gasteiger partial charge is 0.295 e. The Morgan fingerprint density at radius 3 is 2.23 bits per heavy atom. The van der Waals surface area contributed by atoms with Crippen LogP contribution in [-0.4, -0.2) is 9.79 Å². The quantitative estimate of drug-likeness (QED) is 0.663. The summed E-state index contributed by atoms with van der Waals surface area (Å²) in [5, 5.41) is 0. The van der Waals surface area contributed by atoms with E-state index in [1.165, 1.54) is 4.08 Å². The lowest BCUT2D eigenvalue weighted by Crippen LogP contribution is -2.06. The second-order valence-corrected chi connectivity index (χ2v) is 6.73. The minimum atomic E-state index is -3.42. The average molecular weight is 300 g/mol. The first-order valence-electron chi connectivity index (χ1n) is 3.25. The van der Waals surface area contributed by atoms with Crippen LogP contribution in [0.4, 0.5) is 5.69 Å². The average Bonchev–Trinajstić information content (AvgIpc) is 2.05. The van der Waals surface area contributed by atoms with Crippen molar-refractivity contribution in [2.45, 2.75) is 0 Å². The van der Waals surface area contributed by atoms with Crippen molar-refractivity contribution in [3.8, 4) is 0 Å². The third-order valence-electron chi connectivity index (χ3n) is 1.28. The second-order valence-electron chi connectivity index (χ2n) is 2.19. The molecule has 1 aromatic rings. The highest BCUT2D eigenvalue weighted by Crippen LogP contribution is 2.50. The van der Waals surface area contributed by atoms with Crippen molar-refractivity contribution in [1.82, 2.24) is 0 Å². The highest BCUT2D eigenvalue weighted by atomic mass is 79.9. The Morgan fingerprint density at radius 2 is 1.85 bits per heavy atom. The molecule has 0 radical (unpaired) electrons. The van der Waals surface area contributed by atoms with Crippen LogP contribution in [0.1, 0.15) is 0 Å². The lowest BCUT2D eigenvalue weighted by atomic mass is 10.3. The van der Waals surface area contributed by atoms with E-state index in [-0.39, 0.29) is 0 Å². The molecule has 0 saturated carbocycles. The van der Waals surface area contributed by atoms with Crippen LogP contribution in [0, 0.1) is 0 Å². The van der Waals surface area contributed by atoms with Gasteiger partial charge < -0.3 is 9.79 Å². The molecule has 1 rings (SSSR count). The molecular weight excluding hydrogens is 293 g/mol. The van der Waals surface area contributed by atoms with Gasteiger partial charge in [-0.15, -0.1) is 0 Å². The molecular formula is C6H7BrNO2PS2. The van der Waals surface area contributed by atoms with Crippen molar-refractivity contribution in [2.24, 2.45) is 0 Å². The Kier molecular flexibility index (Phi) is 4.22. The zero-order valence-corrected chi connectivity index (χ0v) is 10.5. The van der Waals surface area contributed by atoms with Gasteiger partial charge in [-0.1, -0.05) is 18.2 Å². The van der Waals surface area contributed by atoms with Crippen LogP contribution in [0.3, 0.4) is 0 Å². The van der Waals surface area contributed by atoms with E-state index < -0.39 is 6.64 Å². The number of hydrogen-bond donors (Lipinski definition) is 2. The van der Waals surface area contributed by atoms with E-state index >= 15 is 0 Å². The Balaban J connectivity index is 2.99. The summed E-state index contributed by atoms with van der Waals surface area (Å²) in [5.74, 6) is 0. The molecule has 0 aliphatic rings. The lowest BCUT2D eigenvalue weighted by molar-refractivity contribution is 0.482. The molecule has 0 heterocycles. The molecule has 0 aliphatic carbocycles. The minimum Gasteiger partial charge on any atom is -0.329 e. The molecule has 7 heteroatoms. The molecule has 0 bridgehead atoms. The third-order valence-corrected chi connectivity index (χ3v) is 5.59. The molecule has 0 spiro atoms. The maximum atomic E-state index is 9.29. The van der Waals surface area contributed by atoms with E-state index in [0.29, 0.717) is 5.69 Å². The summed E-state index contributed by atoms with van der Waals surface area (Å²) < 4.78 is 1.27. The van der Waals surface area contributed by atoms with Gasteiger partial charge in [0.05, 0.1) is 5.69 Å². The summed E-state index contributed by atoms with van der Waals surface area (Å²) in [7, 11) is 1.02. The van der Waals surface area contributed by atoms with Crippen LogP contribution in [-0.2, 0) is 11.8 Å². The topological polar surface area (TPSA) is 43.7 Å². The van der Waals surface area contributed by atoms with Gasteiger partial charge in [-0.05, 0) is 23.9 Å². The molecule has 0 aromatic heterocycles.